The van der Waals surface area contributed by atoms with Crippen LogP contribution in [0.2, 0.25) is 0 Å². The SMILES string of the molecule is O=C(c1c[nH]ccc1=O)N1CCOC2CCCCC21. The van der Waals surface area contributed by atoms with Crippen molar-refractivity contribution in [2.45, 2.75) is 37.8 Å². The van der Waals surface area contributed by atoms with Gasteiger partial charge in [-0.05, 0) is 12.8 Å². The van der Waals surface area contributed by atoms with Crippen LogP contribution in [0.4, 0.5) is 0 Å². The third kappa shape index (κ3) is 2.30. The van der Waals surface area contributed by atoms with E-state index in [4.69, 9.17) is 4.74 Å². The number of ether oxygens (including phenoxy) is 1. The molecule has 0 radical (unpaired) electrons. The molecule has 5 heteroatoms. The van der Waals surface area contributed by atoms with Crippen molar-refractivity contribution < 1.29 is 9.53 Å². The van der Waals surface area contributed by atoms with Crippen molar-refractivity contribution in [3.8, 4) is 0 Å². The molecule has 1 amide bonds. The monoisotopic (exact) mass is 262 g/mol. The normalized spacial score (nSPS) is 26.8. The van der Waals surface area contributed by atoms with E-state index in [1.54, 1.807) is 6.20 Å². The molecule has 1 aliphatic heterocycles. The first-order valence-corrected chi connectivity index (χ1v) is 6.87. The first-order chi connectivity index (χ1) is 9.27. The maximum absolute atomic E-state index is 12.5. The van der Waals surface area contributed by atoms with Gasteiger partial charge in [-0.25, -0.2) is 0 Å². The smallest absolute Gasteiger partial charge is 0.259 e. The standard InChI is InChI=1S/C14H18N2O3/c17-12-5-6-15-9-10(12)14(18)16-7-8-19-13-4-2-1-3-11(13)16/h5-6,9,11,13H,1-4,7-8H2,(H,15,17). The number of aromatic nitrogens is 1. The number of hydrogen-bond acceptors (Lipinski definition) is 3. The Morgan fingerprint density at radius 3 is 3.05 bits per heavy atom. The summed E-state index contributed by atoms with van der Waals surface area (Å²) in [5.41, 5.74) is 0.0105. The van der Waals surface area contributed by atoms with Gasteiger partial charge in [-0.3, -0.25) is 9.59 Å². The number of rotatable bonds is 1. The minimum absolute atomic E-state index is 0.134. The van der Waals surface area contributed by atoms with Gasteiger partial charge in [0.25, 0.3) is 5.91 Å². The van der Waals surface area contributed by atoms with Gasteiger partial charge in [-0.1, -0.05) is 12.8 Å². The highest BCUT2D eigenvalue weighted by Crippen LogP contribution is 2.29. The summed E-state index contributed by atoms with van der Waals surface area (Å²) in [6.45, 7) is 1.14. The number of nitrogens with one attached hydrogen (secondary N) is 1. The number of H-pyrrole nitrogens is 1. The van der Waals surface area contributed by atoms with Crippen LogP contribution in [0.25, 0.3) is 0 Å². The van der Waals surface area contributed by atoms with E-state index in [1.165, 1.54) is 12.3 Å². The van der Waals surface area contributed by atoms with Crippen LogP contribution in [0.5, 0.6) is 0 Å². The predicted octanol–water partition coefficient (Wildman–Crippen LogP) is 1.16. The molecule has 1 saturated heterocycles. The van der Waals surface area contributed by atoms with E-state index in [-0.39, 0.29) is 29.0 Å². The lowest BCUT2D eigenvalue weighted by Crippen LogP contribution is -2.55. The maximum atomic E-state index is 12.5. The molecule has 2 heterocycles. The van der Waals surface area contributed by atoms with E-state index in [0.717, 1.165) is 25.7 Å². The molecule has 2 atom stereocenters. The summed E-state index contributed by atoms with van der Waals surface area (Å²) in [6.07, 6.45) is 7.46. The van der Waals surface area contributed by atoms with E-state index in [9.17, 15) is 9.59 Å². The average Bonchev–Trinajstić information content (AvgIpc) is 2.46. The van der Waals surface area contributed by atoms with Gasteiger partial charge in [-0.2, -0.15) is 0 Å². The summed E-state index contributed by atoms with van der Waals surface area (Å²) in [6, 6.07) is 1.53. The number of carbonyl (C=O) groups excluding carboxylic acids is 1. The Morgan fingerprint density at radius 1 is 1.37 bits per heavy atom. The number of carbonyl (C=O) groups is 1. The van der Waals surface area contributed by atoms with E-state index >= 15 is 0 Å². The van der Waals surface area contributed by atoms with Gasteiger partial charge in [0.1, 0.15) is 5.56 Å². The van der Waals surface area contributed by atoms with Crippen LogP contribution in [-0.4, -0.2) is 41.1 Å². The Balaban J connectivity index is 1.86. The third-order valence-corrected chi connectivity index (χ3v) is 4.05. The van der Waals surface area contributed by atoms with Crippen molar-refractivity contribution in [3.05, 3.63) is 34.2 Å². The van der Waals surface area contributed by atoms with Crippen LogP contribution in [0.3, 0.4) is 0 Å². The molecule has 1 aliphatic carbocycles. The van der Waals surface area contributed by atoms with Gasteiger partial charge in [-0.15, -0.1) is 0 Å². The highest BCUT2D eigenvalue weighted by atomic mass is 16.5. The Bertz CT molecular complexity index is 523. The Hall–Kier alpha value is -1.62. The first-order valence-electron chi connectivity index (χ1n) is 6.87. The summed E-state index contributed by atoms with van der Waals surface area (Å²) in [4.78, 5) is 28.9. The minimum Gasteiger partial charge on any atom is -0.374 e. The number of morpholine rings is 1. The second-order valence-corrected chi connectivity index (χ2v) is 5.18. The fraction of sp³-hybridized carbons (Fsp3) is 0.571. The van der Waals surface area contributed by atoms with Gasteiger partial charge in [0.15, 0.2) is 5.43 Å². The lowest BCUT2D eigenvalue weighted by Gasteiger charge is -2.43. The molecule has 0 aromatic carbocycles. The van der Waals surface area contributed by atoms with Gasteiger partial charge >= 0.3 is 0 Å². The average molecular weight is 262 g/mol. The number of nitrogens with zero attached hydrogens (tertiary/aromatic N) is 1. The summed E-state index contributed by atoms with van der Waals surface area (Å²) < 4.78 is 5.75. The number of pyridine rings is 1. The van der Waals surface area contributed by atoms with Gasteiger partial charge in [0.05, 0.1) is 18.8 Å². The van der Waals surface area contributed by atoms with Crippen molar-refractivity contribution in [1.82, 2.24) is 9.88 Å². The lowest BCUT2D eigenvalue weighted by molar-refractivity contribution is -0.0753. The summed E-state index contributed by atoms with van der Waals surface area (Å²) in [5, 5.41) is 0. The molecule has 2 fully saturated rings. The summed E-state index contributed by atoms with van der Waals surface area (Å²) in [7, 11) is 0. The number of hydrogen-bond donors (Lipinski definition) is 1. The largest absolute Gasteiger partial charge is 0.374 e. The molecular weight excluding hydrogens is 244 g/mol. The molecule has 102 valence electrons. The van der Waals surface area contributed by atoms with Crippen LogP contribution in [0.15, 0.2) is 23.3 Å². The van der Waals surface area contributed by atoms with Crippen molar-refractivity contribution in [2.24, 2.45) is 0 Å². The first kappa shape index (κ1) is 12.4. The molecule has 1 aromatic rings. The zero-order valence-electron chi connectivity index (χ0n) is 10.8. The Labute approximate surface area is 111 Å². The summed E-state index contributed by atoms with van der Waals surface area (Å²) >= 11 is 0. The topological polar surface area (TPSA) is 62.4 Å². The highest BCUT2D eigenvalue weighted by Gasteiger charge is 2.37. The van der Waals surface area contributed by atoms with E-state index in [0.29, 0.717) is 13.2 Å². The molecule has 5 nitrogen and oxygen atoms in total. The van der Waals surface area contributed by atoms with Crippen molar-refractivity contribution in [1.29, 1.82) is 0 Å². The van der Waals surface area contributed by atoms with Crippen LogP contribution in [0, 0.1) is 0 Å². The molecule has 2 unspecified atom stereocenters. The van der Waals surface area contributed by atoms with Gasteiger partial charge in [0.2, 0.25) is 0 Å². The van der Waals surface area contributed by atoms with Crippen LogP contribution in [0.1, 0.15) is 36.0 Å². The zero-order chi connectivity index (χ0) is 13.2. The second-order valence-electron chi connectivity index (χ2n) is 5.18. The van der Waals surface area contributed by atoms with Crippen LogP contribution < -0.4 is 5.43 Å². The predicted molar refractivity (Wildman–Crippen MR) is 70.1 cm³/mol. The number of fused-ring (bicyclic) bond motifs is 1. The summed E-state index contributed by atoms with van der Waals surface area (Å²) in [5.74, 6) is -0.165. The molecule has 1 aromatic heterocycles. The maximum Gasteiger partial charge on any atom is 0.259 e. The molecule has 2 aliphatic rings. The molecule has 1 N–H and O–H groups in total. The zero-order valence-corrected chi connectivity index (χ0v) is 10.8. The van der Waals surface area contributed by atoms with Crippen molar-refractivity contribution in [3.63, 3.8) is 0 Å². The molecular formula is C14H18N2O3. The quantitative estimate of drug-likeness (QED) is 0.826. The Morgan fingerprint density at radius 2 is 2.21 bits per heavy atom. The number of aromatic amines is 1. The van der Waals surface area contributed by atoms with E-state index in [1.807, 2.05) is 4.90 Å². The molecule has 19 heavy (non-hydrogen) atoms. The minimum atomic E-state index is -0.220. The third-order valence-electron chi connectivity index (χ3n) is 4.05. The van der Waals surface area contributed by atoms with Gasteiger partial charge < -0.3 is 14.6 Å². The van der Waals surface area contributed by atoms with Crippen LogP contribution in [-0.2, 0) is 4.74 Å². The van der Waals surface area contributed by atoms with E-state index < -0.39 is 0 Å². The van der Waals surface area contributed by atoms with Crippen molar-refractivity contribution >= 4 is 5.91 Å². The van der Waals surface area contributed by atoms with Gasteiger partial charge in [0, 0.05) is 25.0 Å². The second kappa shape index (κ2) is 5.17. The lowest BCUT2D eigenvalue weighted by atomic mass is 9.90. The molecule has 3 rings (SSSR count). The number of amides is 1. The fourth-order valence-corrected chi connectivity index (χ4v) is 3.09. The Kier molecular flexibility index (Phi) is 3.38. The van der Waals surface area contributed by atoms with Crippen molar-refractivity contribution in [2.75, 3.05) is 13.2 Å². The highest BCUT2D eigenvalue weighted by molar-refractivity contribution is 5.94. The molecule has 0 bridgehead atoms. The fourth-order valence-electron chi connectivity index (χ4n) is 3.09. The van der Waals surface area contributed by atoms with E-state index in [2.05, 4.69) is 4.98 Å². The molecule has 0 spiro atoms. The van der Waals surface area contributed by atoms with Crippen LogP contribution >= 0.6 is 0 Å². The molecule has 1 saturated carbocycles.